The molecule has 0 aliphatic carbocycles. The van der Waals surface area contributed by atoms with Crippen molar-refractivity contribution >= 4 is 107 Å². The van der Waals surface area contributed by atoms with Gasteiger partial charge in [-0.15, -0.1) is 70.6 Å². The highest BCUT2D eigenvalue weighted by Crippen LogP contribution is 2.42. The first-order chi connectivity index (χ1) is 13.7. The summed E-state index contributed by atoms with van der Waals surface area (Å²) in [5, 5.41) is 4.18. The van der Waals surface area contributed by atoms with Gasteiger partial charge in [-0.3, -0.25) is 0 Å². The normalized spacial score (nSPS) is 27.6. The molecule has 0 saturated carbocycles. The number of fused-ring (bicyclic) bond motifs is 1. The fraction of sp³-hybridized carbons (Fsp3) is 0.500. The van der Waals surface area contributed by atoms with Crippen LogP contribution in [0, 0.1) is 0 Å². The van der Waals surface area contributed by atoms with Crippen LogP contribution in [-0.4, -0.2) is 54.2 Å². The van der Waals surface area contributed by atoms with Crippen molar-refractivity contribution in [1.29, 1.82) is 0 Å². The van der Waals surface area contributed by atoms with Crippen LogP contribution in [0.1, 0.15) is 0 Å². The zero-order valence-corrected chi connectivity index (χ0v) is 22.0. The third-order valence-electron chi connectivity index (χ3n) is 4.59. The zero-order valence-electron chi connectivity index (χ0n) is 15.4. The SMILES string of the molecule is SCC1CSC(CSc2ccc3cc(SCC4SCC(CS)S4)ccc3c2)S1. The summed E-state index contributed by atoms with van der Waals surface area (Å²) >= 11 is 21.3. The smallest absolute Gasteiger partial charge is 0.0600 e. The summed E-state index contributed by atoms with van der Waals surface area (Å²) in [5.74, 6) is 6.88. The second-order valence-corrected chi connectivity index (χ2v) is 15.7. The highest BCUT2D eigenvalue weighted by Gasteiger charge is 2.25. The largest absolute Gasteiger partial charge is 0.178 e. The van der Waals surface area contributed by atoms with Crippen molar-refractivity contribution in [1.82, 2.24) is 0 Å². The van der Waals surface area contributed by atoms with E-state index in [4.69, 9.17) is 0 Å². The molecule has 2 aromatic rings. The summed E-state index contributed by atoms with van der Waals surface area (Å²) in [5.41, 5.74) is 0. The van der Waals surface area contributed by atoms with Gasteiger partial charge in [-0.2, -0.15) is 25.3 Å². The molecule has 8 heteroatoms. The van der Waals surface area contributed by atoms with Gasteiger partial charge in [-0.1, -0.05) is 12.1 Å². The maximum atomic E-state index is 4.44. The van der Waals surface area contributed by atoms with Gasteiger partial charge in [0, 0.05) is 54.8 Å². The molecule has 0 amide bonds. The van der Waals surface area contributed by atoms with Gasteiger partial charge in [0.1, 0.15) is 0 Å². The molecule has 2 aromatic carbocycles. The fourth-order valence-corrected chi connectivity index (χ4v) is 13.1. The van der Waals surface area contributed by atoms with Crippen molar-refractivity contribution in [3.8, 4) is 0 Å². The lowest BCUT2D eigenvalue weighted by atomic mass is 10.1. The first-order valence-corrected chi connectivity index (χ1v) is 16.5. The van der Waals surface area contributed by atoms with Crippen LogP contribution in [0.15, 0.2) is 46.2 Å². The predicted molar refractivity (Wildman–Crippen MR) is 148 cm³/mol. The van der Waals surface area contributed by atoms with E-state index in [2.05, 4.69) is 109 Å². The van der Waals surface area contributed by atoms with E-state index in [0.717, 1.165) is 22.0 Å². The second-order valence-electron chi connectivity index (χ2n) is 6.70. The van der Waals surface area contributed by atoms with Gasteiger partial charge in [0.05, 0.1) is 9.16 Å². The van der Waals surface area contributed by atoms with Crippen molar-refractivity contribution in [2.24, 2.45) is 0 Å². The highest BCUT2D eigenvalue weighted by molar-refractivity contribution is 8.22. The van der Waals surface area contributed by atoms with Crippen LogP contribution in [0.25, 0.3) is 10.8 Å². The van der Waals surface area contributed by atoms with E-state index in [1.807, 2.05) is 23.5 Å². The Morgan fingerprint density at radius 3 is 1.61 bits per heavy atom. The van der Waals surface area contributed by atoms with E-state index < -0.39 is 0 Å². The summed E-state index contributed by atoms with van der Waals surface area (Å²) < 4.78 is 1.43. The first kappa shape index (κ1) is 22.7. The van der Waals surface area contributed by atoms with E-state index in [-0.39, 0.29) is 0 Å². The molecule has 2 heterocycles. The molecule has 4 atom stereocenters. The Hall–Kier alpha value is 1.50. The molecular weight excluding hydrogens is 497 g/mol. The van der Waals surface area contributed by atoms with Crippen LogP contribution in [0.2, 0.25) is 0 Å². The Morgan fingerprint density at radius 2 is 1.21 bits per heavy atom. The van der Waals surface area contributed by atoms with Crippen molar-refractivity contribution in [2.75, 3.05) is 34.5 Å². The van der Waals surface area contributed by atoms with E-state index in [9.17, 15) is 0 Å². The average molecular weight is 521 g/mol. The van der Waals surface area contributed by atoms with Crippen LogP contribution in [0.3, 0.4) is 0 Å². The predicted octanol–water partition coefficient (Wildman–Crippen LogP) is 7.23. The van der Waals surface area contributed by atoms with Crippen LogP contribution in [0.5, 0.6) is 0 Å². The molecular formula is C20H24S8. The van der Waals surface area contributed by atoms with Crippen LogP contribution >= 0.6 is 95.8 Å². The molecule has 0 N–H and O–H groups in total. The monoisotopic (exact) mass is 520 g/mol. The molecule has 152 valence electrons. The molecule has 4 unspecified atom stereocenters. The number of thiol groups is 2. The van der Waals surface area contributed by atoms with E-state index >= 15 is 0 Å². The van der Waals surface area contributed by atoms with Gasteiger partial charge in [0.25, 0.3) is 0 Å². The van der Waals surface area contributed by atoms with Crippen LogP contribution < -0.4 is 0 Å². The van der Waals surface area contributed by atoms with Crippen molar-refractivity contribution in [3.63, 3.8) is 0 Å². The maximum absolute atomic E-state index is 4.44. The molecule has 2 fully saturated rings. The van der Waals surface area contributed by atoms with E-state index in [0.29, 0.717) is 9.16 Å². The lowest BCUT2D eigenvalue weighted by Crippen LogP contribution is -2.02. The van der Waals surface area contributed by atoms with Crippen LogP contribution in [-0.2, 0) is 0 Å². The Kier molecular flexibility index (Phi) is 9.23. The standard InChI is InChI=1S/C20H24S8/c21-7-17-9-25-19(27-17)11-23-15-3-1-13-5-16(4-2-14(13)6-15)24-12-20-26-10-18(8-22)28-20/h1-6,17-22H,7-12H2. The van der Waals surface area contributed by atoms with Gasteiger partial charge < -0.3 is 0 Å². The topological polar surface area (TPSA) is 0 Å². The minimum Gasteiger partial charge on any atom is -0.178 e. The van der Waals surface area contributed by atoms with Gasteiger partial charge >= 0.3 is 0 Å². The minimum absolute atomic E-state index is 0.713. The highest BCUT2D eigenvalue weighted by atomic mass is 32.2. The lowest BCUT2D eigenvalue weighted by molar-refractivity contribution is 1.17. The van der Waals surface area contributed by atoms with E-state index in [1.165, 1.54) is 43.6 Å². The number of thioether (sulfide) groups is 6. The Bertz CT molecular complexity index is 717. The van der Waals surface area contributed by atoms with Crippen molar-refractivity contribution < 1.29 is 0 Å². The van der Waals surface area contributed by atoms with Gasteiger partial charge in [0.2, 0.25) is 0 Å². The summed E-state index contributed by atoms with van der Waals surface area (Å²) in [6.45, 7) is 0. The molecule has 0 bridgehead atoms. The fourth-order valence-electron chi connectivity index (χ4n) is 3.09. The minimum atomic E-state index is 0.713. The number of benzene rings is 2. The third-order valence-corrected chi connectivity index (χ3v) is 15.5. The van der Waals surface area contributed by atoms with Crippen molar-refractivity contribution in [3.05, 3.63) is 36.4 Å². The Balaban J connectivity index is 1.31. The van der Waals surface area contributed by atoms with Gasteiger partial charge in [-0.25, -0.2) is 0 Å². The van der Waals surface area contributed by atoms with E-state index in [1.54, 1.807) is 0 Å². The zero-order chi connectivity index (χ0) is 19.3. The molecule has 2 aliphatic rings. The molecule has 4 rings (SSSR count). The van der Waals surface area contributed by atoms with Crippen molar-refractivity contribution in [2.45, 2.75) is 29.5 Å². The molecule has 2 saturated heterocycles. The van der Waals surface area contributed by atoms with Gasteiger partial charge in [-0.05, 0) is 35.0 Å². The second kappa shape index (κ2) is 11.4. The Labute approximate surface area is 205 Å². The van der Waals surface area contributed by atoms with Gasteiger partial charge in [0.15, 0.2) is 0 Å². The molecule has 0 spiro atoms. The number of rotatable bonds is 8. The quantitative estimate of drug-likeness (QED) is 0.276. The summed E-state index contributed by atoms with van der Waals surface area (Å²) in [4.78, 5) is 2.78. The molecule has 0 aromatic heterocycles. The van der Waals surface area contributed by atoms with Crippen LogP contribution in [0.4, 0.5) is 0 Å². The molecule has 28 heavy (non-hydrogen) atoms. The number of hydrogen-bond acceptors (Lipinski definition) is 8. The summed E-state index contributed by atoms with van der Waals surface area (Å²) in [6, 6.07) is 13.9. The molecule has 2 aliphatic heterocycles. The Morgan fingerprint density at radius 1 is 0.750 bits per heavy atom. The average Bonchev–Trinajstić information content (AvgIpc) is 3.39. The lowest BCUT2D eigenvalue weighted by Gasteiger charge is -2.11. The number of hydrogen-bond donors (Lipinski definition) is 2. The summed E-state index contributed by atoms with van der Waals surface area (Å²) in [7, 11) is 0. The first-order valence-electron chi connectivity index (χ1n) is 9.29. The maximum Gasteiger partial charge on any atom is 0.0600 e. The molecule has 0 radical (unpaired) electrons. The molecule has 0 nitrogen and oxygen atoms in total. The third kappa shape index (κ3) is 6.27. The summed E-state index contributed by atoms with van der Waals surface area (Å²) in [6.07, 6.45) is 0.